The number of carbonyl (C=O) groups is 2. The average molecular weight is 483 g/mol. The van der Waals surface area contributed by atoms with E-state index in [2.05, 4.69) is 61.5 Å². The summed E-state index contributed by atoms with van der Waals surface area (Å²) in [5.41, 5.74) is 1.85. The van der Waals surface area contributed by atoms with Gasteiger partial charge in [0.05, 0.1) is 0 Å². The van der Waals surface area contributed by atoms with Gasteiger partial charge >= 0.3 is 5.97 Å². The van der Waals surface area contributed by atoms with Crippen molar-refractivity contribution in [1.29, 1.82) is 0 Å². The largest absolute Gasteiger partial charge is 0.462 e. The lowest BCUT2D eigenvalue weighted by atomic mass is 9.33. The number of hydrogen-bond donors (Lipinski definition) is 0. The second-order valence-electron chi connectivity index (χ2n) is 15.2. The van der Waals surface area contributed by atoms with E-state index in [9.17, 15) is 9.59 Å². The summed E-state index contributed by atoms with van der Waals surface area (Å²) in [5, 5.41) is 0. The molecule has 0 aromatic heterocycles. The topological polar surface area (TPSA) is 43.4 Å². The molecule has 0 radical (unpaired) electrons. The zero-order valence-corrected chi connectivity index (χ0v) is 23.9. The monoisotopic (exact) mass is 482 g/mol. The summed E-state index contributed by atoms with van der Waals surface area (Å²) in [6.07, 6.45) is 11.5. The molecule has 0 N–H and O–H groups in total. The van der Waals surface area contributed by atoms with E-state index in [-0.39, 0.29) is 39.7 Å². The van der Waals surface area contributed by atoms with E-state index in [1.807, 2.05) is 0 Å². The summed E-state index contributed by atoms with van der Waals surface area (Å²) in [6, 6.07) is 0. The molecule has 5 rings (SSSR count). The summed E-state index contributed by atoms with van der Waals surface area (Å²) < 4.78 is 5.79. The highest BCUT2D eigenvalue weighted by molar-refractivity contribution is 5.95. The Kier molecular flexibility index (Phi) is 5.62. The van der Waals surface area contributed by atoms with Crippen LogP contribution in [-0.2, 0) is 14.3 Å². The molecule has 0 saturated heterocycles. The molecule has 4 fully saturated rings. The van der Waals surface area contributed by atoms with Crippen LogP contribution >= 0.6 is 0 Å². The molecule has 0 aliphatic heterocycles. The maximum absolute atomic E-state index is 14.1. The van der Waals surface area contributed by atoms with E-state index in [0.717, 1.165) is 30.6 Å². The Morgan fingerprint density at radius 1 is 0.914 bits per heavy atom. The van der Waals surface area contributed by atoms with Crippen molar-refractivity contribution in [3.8, 4) is 0 Å². The number of hydrogen-bond acceptors (Lipinski definition) is 3. The van der Waals surface area contributed by atoms with Gasteiger partial charge in [0, 0.05) is 18.3 Å². The first-order chi connectivity index (χ1) is 16.1. The number of rotatable bonds is 1. The molecule has 0 spiro atoms. The van der Waals surface area contributed by atoms with Crippen LogP contribution in [0.15, 0.2) is 11.6 Å². The van der Waals surface area contributed by atoms with E-state index < -0.39 is 0 Å². The van der Waals surface area contributed by atoms with Crippen LogP contribution in [0, 0.1) is 56.7 Å². The molecule has 5 aliphatic rings. The lowest BCUT2D eigenvalue weighted by molar-refractivity contribution is -0.193. The van der Waals surface area contributed by atoms with Crippen LogP contribution in [0.1, 0.15) is 114 Å². The van der Waals surface area contributed by atoms with Gasteiger partial charge in [-0.2, -0.15) is 0 Å². The van der Waals surface area contributed by atoms with Gasteiger partial charge in [0.1, 0.15) is 6.10 Å². The number of ketones is 1. The molecular formula is C32H50O3. The first-order valence-electron chi connectivity index (χ1n) is 14.5. The van der Waals surface area contributed by atoms with E-state index >= 15 is 0 Å². The van der Waals surface area contributed by atoms with Crippen LogP contribution in [0.2, 0.25) is 0 Å². The Bertz CT molecular complexity index is 962. The maximum Gasteiger partial charge on any atom is 0.302 e. The van der Waals surface area contributed by atoms with Gasteiger partial charge in [0.15, 0.2) is 5.78 Å². The summed E-state index contributed by atoms with van der Waals surface area (Å²) in [6.45, 7) is 21.0. The van der Waals surface area contributed by atoms with E-state index in [0.29, 0.717) is 17.1 Å². The number of esters is 1. The first-order valence-corrected chi connectivity index (χ1v) is 14.5. The van der Waals surface area contributed by atoms with Crippen LogP contribution in [0.25, 0.3) is 0 Å². The van der Waals surface area contributed by atoms with Crippen molar-refractivity contribution in [2.75, 3.05) is 0 Å². The van der Waals surface area contributed by atoms with Crippen molar-refractivity contribution in [2.24, 2.45) is 56.7 Å². The summed E-state index contributed by atoms with van der Waals surface area (Å²) in [7, 11) is 0. The van der Waals surface area contributed by atoms with Gasteiger partial charge in [-0.1, -0.05) is 61.0 Å². The number of allylic oxidation sites excluding steroid dienone is 2. The van der Waals surface area contributed by atoms with Crippen molar-refractivity contribution < 1.29 is 14.3 Å². The van der Waals surface area contributed by atoms with E-state index in [1.165, 1.54) is 51.0 Å². The standard InChI is InChI=1S/C32H50O3/c1-19-10-13-29(6)16-17-31(8)23-18-24(34)27-28(4,5)25(35-21(3)33)12-14-30(27,7)22(23)11-15-32(31,9)26(29)20(19)2/h18-20,22,25-27H,10-17H2,1-9H3/t19-,20+,22+,25+,26-,27+,29-,30-,31-,32+/m1/s1. The molecule has 5 aliphatic carbocycles. The molecular weight excluding hydrogens is 432 g/mol. The lowest BCUT2D eigenvalue weighted by Crippen LogP contribution is -2.65. The molecule has 3 nitrogen and oxygen atoms in total. The third kappa shape index (κ3) is 3.21. The average Bonchev–Trinajstić information content (AvgIpc) is 2.74. The quantitative estimate of drug-likeness (QED) is 0.358. The molecule has 0 bridgehead atoms. The Hall–Kier alpha value is -1.12. The minimum Gasteiger partial charge on any atom is -0.462 e. The highest BCUT2D eigenvalue weighted by atomic mass is 16.5. The van der Waals surface area contributed by atoms with Crippen LogP contribution in [-0.4, -0.2) is 17.9 Å². The van der Waals surface area contributed by atoms with E-state index in [4.69, 9.17) is 4.74 Å². The molecule has 0 unspecified atom stereocenters. The van der Waals surface area contributed by atoms with Crippen molar-refractivity contribution in [3.63, 3.8) is 0 Å². The minimum atomic E-state index is -0.349. The molecule has 0 aromatic rings. The third-order valence-corrected chi connectivity index (χ3v) is 13.3. The smallest absolute Gasteiger partial charge is 0.302 e. The summed E-state index contributed by atoms with van der Waals surface area (Å²) in [5.74, 6) is 2.68. The summed E-state index contributed by atoms with van der Waals surface area (Å²) in [4.78, 5) is 26.0. The predicted octanol–water partition coefficient (Wildman–Crippen LogP) is 7.77. The fourth-order valence-corrected chi connectivity index (χ4v) is 11.3. The fraction of sp³-hybridized carbons (Fsp3) is 0.875. The molecule has 0 aromatic carbocycles. The first kappa shape index (κ1) is 25.5. The summed E-state index contributed by atoms with van der Waals surface area (Å²) >= 11 is 0. The molecule has 0 heterocycles. The van der Waals surface area contributed by atoms with Crippen molar-refractivity contribution in [2.45, 2.75) is 120 Å². The SMILES string of the molecule is CC(=O)O[C@H]1CC[C@]2(C)[C@H]3CC[C@@]4(C)[C@@H]5[C@@H](C)[C@H](C)CC[C@]5(C)CC[C@]4(C)C3=CC(=O)[C@H]2C1(C)C. The van der Waals surface area contributed by atoms with Gasteiger partial charge in [0.2, 0.25) is 0 Å². The zero-order chi connectivity index (χ0) is 25.8. The zero-order valence-electron chi connectivity index (χ0n) is 23.9. The molecule has 35 heavy (non-hydrogen) atoms. The molecule has 0 amide bonds. The van der Waals surface area contributed by atoms with Crippen LogP contribution in [0.5, 0.6) is 0 Å². The number of ether oxygens (including phenoxy) is 1. The Morgan fingerprint density at radius 2 is 1.60 bits per heavy atom. The normalized spacial score (nSPS) is 52.8. The van der Waals surface area contributed by atoms with Crippen LogP contribution in [0.4, 0.5) is 0 Å². The van der Waals surface area contributed by atoms with Crippen molar-refractivity contribution >= 4 is 11.8 Å². The van der Waals surface area contributed by atoms with Crippen LogP contribution < -0.4 is 0 Å². The fourth-order valence-electron chi connectivity index (χ4n) is 11.3. The Labute approximate surface area is 214 Å². The second-order valence-corrected chi connectivity index (χ2v) is 15.2. The van der Waals surface area contributed by atoms with Crippen molar-refractivity contribution in [3.05, 3.63) is 11.6 Å². The molecule has 3 heteroatoms. The third-order valence-electron chi connectivity index (χ3n) is 13.3. The van der Waals surface area contributed by atoms with Gasteiger partial charge in [0.25, 0.3) is 0 Å². The Balaban J connectivity index is 1.58. The van der Waals surface area contributed by atoms with Gasteiger partial charge in [-0.3, -0.25) is 9.59 Å². The maximum atomic E-state index is 14.1. The highest BCUT2D eigenvalue weighted by Crippen LogP contribution is 2.75. The van der Waals surface area contributed by atoms with Crippen molar-refractivity contribution in [1.82, 2.24) is 0 Å². The molecule has 10 atom stereocenters. The lowest BCUT2D eigenvalue weighted by Gasteiger charge is -2.71. The second kappa shape index (κ2) is 7.70. The van der Waals surface area contributed by atoms with Gasteiger partial charge in [-0.25, -0.2) is 0 Å². The van der Waals surface area contributed by atoms with Gasteiger partial charge in [-0.05, 0) is 103 Å². The van der Waals surface area contributed by atoms with Gasteiger partial charge in [-0.15, -0.1) is 0 Å². The van der Waals surface area contributed by atoms with Gasteiger partial charge < -0.3 is 4.74 Å². The Morgan fingerprint density at radius 3 is 2.26 bits per heavy atom. The van der Waals surface area contributed by atoms with Crippen LogP contribution in [0.3, 0.4) is 0 Å². The highest BCUT2D eigenvalue weighted by Gasteiger charge is 2.69. The minimum absolute atomic E-state index is 0.0577. The predicted molar refractivity (Wildman–Crippen MR) is 141 cm³/mol. The molecule has 196 valence electrons. The number of fused-ring (bicyclic) bond motifs is 7. The number of carbonyl (C=O) groups excluding carboxylic acids is 2. The molecule has 4 saturated carbocycles. The van der Waals surface area contributed by atoms with E-state index in [1.54, 1.807) is 0 Å².